The Balaban J connectivity index is 2.30. The number of alkyl halides is 1. The molecule has 0 aliphatic heterocycles. The third-order valence-electron chi connectivity index (χ3n) is 3.13. The second-order valence-electron chi connectivity index (χ2n) is 4.46. The molecule has 1 saturated carbocycles. The first kappa shape index (κ1) is 10.0. The Bertz CT molecular complexity index is 110. The molecule has 0 amide bonds. The molecular formula is C11H21F. The summed E-state index contributed by atoms with van der Waals surface area (Å²) in [4.78, 5) is 0. The molecule has 72 valence electrons. The molecule has 0 radical (unpaired) electrons. The third kappa shape index (κ3) is 3.12. The average Bonchev–Trinajstić information content (AvgIpc) is 1.95. The van der Waals surface area contributed by atoms with Crippen LogP contribution in [-0.2, 0) is 0 Å². The first-order valence-corrected chi connectivity index (χ1v) is 5.34. The number of hydrogen-bond acceptors (Lipinski definition) is 0. The highest BCUT2D eigenvalue weighted by Crippen LogP contribution is 2.28. The number of halogens is 1. The highest BCUT2D eigenvalue weighted by molar-refractivity contribution is 4.69. The number of rotatable bonds is 1. The van der Waals surface area contributed by atoms with E-state index in [1.165, 1.54) is 12.8 Å². The molecule has 1 aliphatic carbocycles. The van der Waals surface area contributed by atoms with Crippen LogP contribution in [0, 0.1) is 11.8 Å². The van der Waals surface area contributed by atoms with Crippen LogP contribution in [0.2, 0.25) is 0 Å². The van der Waals surface area contributed by atoms with E-state index in [4.69, 9.17) is 0 Å². The Kier molecular flexibility index (Phi) is 4.03. The Labute approximate surface area is 75.5 Å². The zero-order chi connectivity index (χ0) is 8.97. The standard InChI is InChI=1S/C11H21F/c1-9(2)10-5-3-7-11(12)8-4-6-10/h9-11H,3-8H2,1-2H3. The predicted molar refractivity (Wildman–Crippen MR) is 50.9 cm³/mol. The minimum Gasteiger partial charge on any atom is -0.247 e. The van der Waals surface area contributed by atoms with Crippen molar-refractivity contribution in [2.75, 3.05) is 0 Å². The first-order chi connectivity index (χ1) is 5.70. The molecule has 1 heteroatoms. The van der Waals surface area contributed by atoms with Crippen LogP contribution in [0.15, 0.2) is 0 Å². The first-order valence-electron chi connectivity index (χ1n) is 5.34. The molecule has 0 aromatic rings. The van der Waals surface area contributed by atoms with Gasteiger partial charge in [-0.3, -0.25) is 0 Å². The maximum absolute atomic E-state index is 13.0. The van der Waals surface area contributed by atoms with Gasteiger partial charge in [-0.2, -0.15) is 0 Å². The Morgan fingerprint density at radius 2 is 1.50 bits per heavy atom. The highest BCUT2D eigenvalue weighted by atomic mass is 19.1. The number of hydrogen-bond donors (Lipinski definition) is 0. The van der Waals surface area contributed by atoms with Crippen molar-refractivity contribution in [1.29, 1.82) is 0 Å². The normalized spacial score (nSPS) is 33.0. The predicted octanol–water partition coefficient (Wildman–Crippen LogP) is 3.95. The quantitative estimate of drug-likeness (QED) is 0.561. The molecule has 0 aromatic heterocycles. The van der Waals surface area contributed by atoms with E-state index in [0.29, 0.717) is 0 Å². The fourth-order valence-corrected chi connectivity index (χ4v) is 2.16. The van der Waals surface area contributed by atoms with E-state index in [-0.39, 0.29) is 0 Å². The van der Waals surface area contributed by atoms with Gasteiger partial charge in [0.15, 0.2) is 0 Å². The molecule has 0 spiro atoms. The fraction of sp³-hybridized carbons (Fsp3) is 1.00. The zero-order valence-electron chi connectivity index (χ0n) is 8.35. The van der Waals surface area contributed by atoms with Crippen molar-refractivity contribution in [3.05, 3.63) is 0 Å². The molecule has 0 unspecified atom stereocenters. The lowest BCUT2D eigenvalue weighted by molar-refractivity contribution is 0.221. The van der Waals surface area contributed by atoms with E-state index in [0.717, 1.165) is 37.5 Å². The van der Waals surface area contributed by atoms with Crippen molar-refractivity contribution in [2.24, 2.45) is 11.8 Å². The van der Waals surface area contributed by atoms with E-state index in [1.54, 1.807) is 0 Å². The molecular weight excluding hydrogens is 151 g/mol. The van der Waals surface area contributed by atoms with E-state index in [1.807, 2.05) is 0 Å². The van der Waals surface area contributed by atoms with Gasteiger partial charge in [0.2, 0.25) is 0 Å². The van der Waals surface area contributed by atoms with Gasteiger partial charge < -0.3 is 0 Å². The van der Waals surface area contributed by atoms with Crippen LogP contribution >= 0.6 is 0 Å². The van der Waals surface area contributed by atoms with Crippen LogP contribution in [0.1, 0.15) is 52.4 Å². The fourth-order valence-electron chi connectivity index (χ4n) is 2.16. The molecule has 0 nitrogen and oxygen atoms in total. The summed E-state index contributed by atoms with van der Waals surface area (Å²) >= 11 is 0. The summed E-state index contributed by atoms with van der Waals surface area (Å²) in [5, 5.41) is 0. The van der Waals surface area contributed by atoms with Crippen LogP contribution in [0.3, 0.4) is 0 Å². The minimum absolute atomic E-state index is 0.502. The maximum Gasteiger partial charge on any atom is 0.100 e. The maximum atomic E-state index is 13.0. The molecule has 0 saturated heterocycles. The monoisotopic (exact) mass is 172 g/mol. The van der Waals surface area contributed by atoms with Gasteiger partial charge in [0.05, 0.1) is 0 Å². The topological polar surface area (TPSA) is 0 Å². The van der Waals surface area contributed by atoms with Crippen molar-refractivity contribution in [3.63, 3.8) is 0 Å². The van der Waals surface area contributed by atoms with Gasteiger partial charge in [-0.1, -0.05) is 39.5 Å². The van der Waals surface area contributed by atoms with Gasteiger partial charge in [0.1, 0.15) is 6.17 Å². The SMILES string of the molecule is CC(C)C1CCCC(F)CCC1. The minimum atomic E-state index is -0.502. The largest absolute Gasteiger partial charge is 0.247 e. The summed E-state index contributed by atoms with van der Waals surface area (Å²) in [5.74, 6) is 1.65. The van der Waals surface area contributed by atoms with Crippen molar-refractivity contribution in [2.45, 2.75) is 58.5 Å². The van der Waals surface area contributed by atoms with Crippen molar-refractivity contribution in [3.8, 4) is 0 Å². The Hall–Kier alpha value is -0.0700. The van der Waals surface area contributed by atoms with E-state index < -0.39 is 6.17 Å². The molecule has 1 rings (SSSR count). The van der Waals surface area contributed by atoms with E-state index in [2.05, 4.69) is 13.8 Å². The smallest absolute Gasteiger partial charge is 0.100 e. The summed E-state index contributed by atoms with van der Waals surface area (Å²) in [6, 6.07) is 0. The second kappa shape index (κ2) is 4.84. The lowest BCUT2D eigenvalue weighted by atomic mass is 9.83. The molecule has 0 aromatic carbocycles. The third-order valence-corrected chi connectivity index (χ3v) is 3.13. The van der Waals surface area contributed by atoms with Crippen molar-refractivity contribution >= 4 is 0 Å². The Morgan fingerprint density at radius 1 is 1.00 bits per heavy atom. The van der Waals surface area contributed by atoms with E-state index in [9.17, 15) is 4.39 Å². The summed E-state index contributed by atoms with van der Waals surface area (Å²) in [5.41, 5.74) is 0. The van der Waals surface area contributed by atoms with Crippen LogP contribution in [0.4, 0.5) is 4.39 Å². The van der Waals surface area contributed by atoms with Gasteiger partial charge in [-0.15, -0.1) is 0 Å². The molecule has 0 atom stereocenters. The molecule has 1 fully saturated rings. The van der Waals surface area contributed by atoms with Gasteiger partial charge in [0.25, 0.3) is 0 Å². The summed E-state index contributed by atoms with van der Waals surface area (Å²) in [7, 11) is 0. The average molecular weight is 172 g/mol. The van der Waals surface area contributed by atoms with Crippen LogP contribution < -0.4 is 0 Å². The van der Waals surface area contributed by atoms with Crippen LogP contribution in [-0.4, -0.2) is 6.17 Å². The summed E-state index contributed by atoms with van der Waals surface area (Å²) < 4.78 is 13.0. The lowest BCUT2D eigenvalue weighted by Gasteiger charge is -2.24. The summed E-state index contributed by atoms with van der Waals surface area (Å²) in [6.07, 6.45) is 5.81. The van der Waals surface area contributed by atoms with Gasteiger partial charge >= 0.3 is 0 Å². The second-order valence-corrected chi connectivity index (χ2v) is 4.46. The van der Waals surface area contributed by atoms with Gasteiger partial charge in [0, 0.05) is 0 Å². The zero-order valence-corrected chi connectivity index (χ0v) is 8.35. The molecule has 1 aliphatic rings. The van der Waals surface area contributed by atoms with Crippen LogP contribution in [0.5, 0.6) is 0 Å². The lowest BCUT2D eigenvalue weighted by Crippen LogP contribution is -2.14. The van der Waals surface area contributed by atoms with E-state index >= 15 is 0 Å². The highest BCUT2D eigenvalue weighted by Gasteiger charge is 2.18. The van der Waals surface area contributed by atoms with Crippen molar-refractivity contribution in [1.82, 2.24) is 0 Å². The molecule has 12 heavy (non-hydrogen) atoms. The molecule has 0 N–H and O–H groups in total. The Morgan fingerprint density at radius 3 is 1.92 bits per heavy atom. The van der Waals surface area contributed by atoms with Crippen LogP contribution in [0.25, 0.3) is 0 Å². The molecule has 0 heterocycles. The van der Waals surface area contributed by atoms with Crippen molar-refractivity contribution < 1.29 is 4.39 Å². The van der Waals surface area contributed by atoms with Gasteiger partial charge in [-0.05, 0) is 24.7 Å². The van der Waals surface area contributed by atoms with Gasteiger partial charge in [-0.25, -0.2) is 4.39 Å². The molecule has 0 bridgehead atoms. The summed E-state index contributed by atoms with van der Waals surface area (Å²) in [6.45, 7) is 4.58.